The number of nitrogens with zero attached hydrogens (tertiary/aromatic N) is 4. The van der Waals surface area contributed by atoms with Crippen LogP contribution in [0, 0.1) is 6.92 Å². The van der Waals surface area contributed by atoms with Gasteiger partial charge in [0.2, 0.25) is 5.95 Å². The van der Waals surface area contributed by atoms with Gasteiger partial charge in [0.1, 0.15) is 0 Å². The van der Waals surface area contributed by atoms with Crippen LogP contribution >= 0.6 is 11.6 Å². The molecule has 0 amide bonds. The van der Waals surface area contributed by atoms with Crippen LogP contribution in [0.15, 0.2) is 35.1 Å². The maximum atomic E-state index is 6.04. The van der Waals surface area contributed by atoms with Crippen LogP contribution in [0.25, 0.3) is 11.5 Å². The first kappa shape index (κ1) is 14.1. The van der Waals surface area contributed by atoms with E-state index in [-0.39, 0.29) is 6.04 Å². The Morgan fingerprint density at radius 2 is 1.96 bits per heavy atom. The molecule has 1 N–H and O–H groups in total. The molecule has 0 radical (unpaired) electrons. The molecule has 7 heteroatoms. The number of benzene rings is 1. The number of nitrogens with one attached hydrogen (secondary N) is 1. The van der Waals surface area contributed by atoms with Crippen LogP contribution < -0.4 is 5.32 Å². The molecule has 0 fully saturated rings. The smallest absolute Gasteiger partial charge is 0.261 e. The zero-order valence-corrected chi connectivity index (χ0v) is 13.2. The summed E-state index contributed by atoms with van der Waals surface area (Å²) in [6, 6.07) is 6.32. The summed E-state index contributed by atoms with van der Waals surface area (Å²) >= 11 is 6.04. The van der Waals surface area contributed by atoms with E-state index in [2.05, 4.69) is 31.5 Å². The van der Waals surface area contributed by atoms with Gasteiger partial charge in [-0.25, -0.2) is 9.97 Å². The zero-order valence-electron chi connectivity index (χ0n) is 12.5. The van der Waals surface area contributed by atoms with E-state index >= 15 is 0 Å². The van der Waals surface area contributed by atoms with Crippen LogP contribution in [0.2, 0.25) is 5.02 Å². The standard InChI is InChI=1S/C16H14ClN5O/c1-9-20-15(23-22-9)12-7-18-16(19-8-12)21-14-5-10-2-3-13(17)4-11(10)6-14/h2-4,7-8,14H,5-6H2,1H3,(H,18,19,21)/t14-/m1/s1. The molecule has 23 heavy (non-hydrogen) atoms. The van der Waals surface area contributed by atoms with Crippen molar-refractivity contribution in [3.8, 4) is 11.5 Å². The van der Waals surface area contributed by atoms with E-state index in [1.807, 2.05) is 12.1 Å². The van der Waals surface area contributed by atoms with Gasteiger partial charge in [0.25, 0.3) is 5.89 Å². The third kappa shape index (κ3) is 2.90. The fourth-order valence-electron chi connectivity index (χ4n) is 2.80. The van der Waals surface area contributed by atoms with Gasteiger partial charge in [-0.1, -0.05) is 22.8 Å². The summed E-state index contributed by atoms with van der Waals surface area (Å²) in [7, 11) is 0. The summed E-state index contributed by atoms with van der Waals surface area (Å²) in [6.07, 6.45) is 5.23. The molecule has 116 valence electrons. The van der Waals surface area contributed by atoms with Gasteiger partial charge in [-0.2, -0.15) is 4.98 Å². The Labute approximate surface area is 137 Å². The van der Waals surface area contributed by atoms with Crippen molar-refractivity contribution >= 4 is 17.5 Å². The lowest BCUT2D eigenvalue weighted by molar-refractivity contribution is 0.425. The molecule has 0 spiro atoms. The van der Waals surface area contributed by atoms with Crippen molar-refractivity contribution in [2.24, 2.45) is 0 Å². The Kier molecular flexibility index (Phi) is 3.46. The largest absolute Gasteiger partial charge is 0.351 e. The summed E-state index contributed by atoms with van der Waals surface area (Å²) in [5.74, 6) is 1.61. The molecular weight excluding hydrogens is 314 g/mol. The Morgan fingerprint density at radius 3 is 2.70 bits per heavy atom. The fourth-order valence-corrected chi connectivity index (χ4v) is 2.99. The fraction of sp³-hybridized carbons (Fsp3) is 0.250. The van der Waals surface area contributed by atoms with E-state index < -0.39 is 0 Å². The van der Waals surface area contributed by atoms with Crippen LogP contribution in [0.1, 0.15) is 17.0 Å². The van der Waals surface area contributed by atoms with E-state index in [1.165, 1.54) is 11.1 Å². The van der Waals surface area contributed by atoms with Crippen molar-refractivity contribution in [3.05, 3.63) is 52.6 Å². The number of aromatic nitrogens is 4. The maximum Gasteiger partial charge on any atom is 0.261 e. The van der Waals surface area contributed by atoms with Crippen molar-refractivity contribution < 1.29 is 4.52 Å². The number of anilines is 1. The molecule has 2 heterocycles. The van der Waals surface area contributed by atoms with E-state index in [9.17, 15) is 0 Å². The molecule has 4 rings (SSSR count). The first-order valence-electron chi connectivity index (χ1n) is 7.34. The monoisotopic (exact) mass is 327 g/mol. The SMILES string of the molecule is Cc1noc(-c2cnc(N[C@@H]3Cc4ccc(Cl)cc4C3)nc2)n1. The average molecular weight is 328 g/mol. The molecule has 1 aromatic carbocycles. The lowest BCUT2D eigenvalue weighted by Gasteiger charge is -2.11. The third-order valence-electron chi connectivity index (χ3n) is 3.86. The average Bonchev–Trinajstić information content (AvgIpc) is 3.13. The van der Waals surface area contributed by atoms with Gasteiger partial charge in [0.05, 0.1) is 5.56 Å². The highest BCUT2D eigenvalue weighted by Crippen LogP contribution is 2.26. The van der Waals surface area contributed by atoms with Crippen LogP contribution in [0.5, 0.6) is 0 Å². The van der Waals surface area contributed by atoms with Crippen molar-refractivity contribution in [3.63, 3.8) is 0 Å². The maximum absolute atomic E-state index is 6.04. The summed E-state index contributed by atoms with van der Waals surface area (Å²) in [5, 5.41) is 7.90. The van der Waals surface area contributed by atoms with Gasteiger partial charge in [-0.15, -0.1) is 0 Å². The lowest BCUT2D eigenvalue weighted by atomic mass is 10.1. The third-order valence-corrected chi connectivity index (χ3v) is 4.10. The molecule has 1 atom stereocenters. The van der Waals surface area contributed by atoms with Crippen LogP contribution in [-0.2, 0) is 12.8 Å². The minimum Gasteiger partial charge on any atom is -0.351 e. The molecule has 1 aliphatic rings. The summed E-state index contributed by atoms with van der Waals surface area (Å²) < 4.78 is 5.10. The minimum absolute atomic E-state index is 0.278. The van der Waals surface area contributed by atoms with Gasteiger partial charge in [-0.05, 0) is 43.0 Å². The van der Waals surface area contributed by atoms with Crippen LogP contribution in [-0.4, -0.2) is 26.2 Å². The summed E-state index contributed by atoms with van der Waals surface area (Å²) in [4.78, 5) is 12.8. The number of hydrogen-bond acceptors (Lipinski definition) is 6. The van der Waals surface area contributed by atoms with Crippen molar-refractivity contribution in [2.45, 2.75) is 25.8 Å². The highest BCUT2D eigenvalue weighted by Gasteiger charge is 2.22. The molecule has 6 nitrogen and oxygen atoms in total. The lowest BCUT2D eigenvalue weighted by Crippen LogP contribution is -2.20. The first-order chi connectivity index (χ1) is 11.2. The van der Waals surface area contributed by atoms with Gasteiger partial charge < -0.3 is 9.84 Å². The predicted octanol–water partition coefficient (Wildman–Crippen LogP) is 3.07. The molecule has 3 aromatic rings. The topological polar surface area (TPSA) is 76.7 Å². The van der Waals surface area contributed by atoms with Gasteiger partial charge in [0, 0.05) is 23.5 Å². The second-order valence-corrected chi connectivity index (χ2v) is 6.04. The molecule has 2 aromatic heterocycles. The Hall–Kier alpha value is -2.47. The van der Waals surface area contributed by atoms with E-state index in [1.54, 1.807) is 19.3 Å². The second kappa shape index (κ2) is 5.62. The number of fused-ring (bicyclic) bond motifs is 1. The second-order valence-electron chi connectivity index (χ2n) is 5.60. The minimum atomic E-state index is 0.278. The molecule has 0 aliphatic heterocycles. The van der Waals surface area contributed by atoms with Crippen molar-refractivity contribution in [1.29, 1.82) is 0 Å². The number of rotatable bonds is 3. The Bertz CT molecular complexity index is 846. The van der Waals surface area contributed by atoms with Crippen LogP contribution in [0.4, 0.5) is 5.95 Å². The highest BCUT2D eigenvalue weighted by molar-refractivity contribution is 6.30. The van der Waals surface area contributed by atoms with E-state index in [0.717, 1.165) is 17.9 Å². The number of aryl methyl sites for hydroxylation is 1. The Morgan fingerprint density at radius 1 is 1.17 bits per heavy atom. The van der Waals surface area contributed by atoms with Gasteiger partial charge >= 0.3 is 0 Å². The van der Waals surface area contributed by atoms with Gasteiger partial charge in [-0.3, -0.25) is 0 Å². The molecule has 0 saturated carbocycles. The molecular formula is C16H14ClN5O. The molecule has 1 aliphatic carbocycles. The molecule has 0 unspecified atom stereocenters. The van der Waals surface area contributed by atoms with Crippen molar-refractivity contribution in [2.75, 3.05) is 5.32 Å². The van der Waals surface area contributed by atoms with Crippen molar-refractivity contribution in [1.82, 2.24) is 20.1 Å². The quantitative estimate of drug-likeness (QED) is 0.796. The predicted molar refractivity (Wildman–Crippen MR) is 86.3 cm³/mol. The number of hydrogen-bond donors (Lipinski definition) is 1. The normalized spacial score (nSPS) is 16.3. The molecule has 0 bridgehead atoms. The van der Waals surface area contributed by atoms with Gasteiger partial charge in [0.15, 0.2) is 5.82 Å². The summed E-state index contributed by atoms with van der Waals surface area (Å²) in [6.45, 7) is 1.77. The first-order valence-corrected chi connectivity index (χ1v) is 7.72. The Balaban J connectivity index is 1.46. The highest BCUT2D eigenvalue weighted by atomic mass is 35.5. The zero-order chi connectivity index (χ0) is 15.8. The van der Waals surface area contributed by atoms with Crippen LogP contribution in [0.3, 0.4) is 0 Å². The number of halogens is 1. The molecule has 0 saturated heterocycles. The summed E-state index contributed by atoms with van der Waals surface area (Å²) in [5.41, 5.74) is 3.32. The van der Waals surface area contributed by atoms with E-state index in [4.69, 9.17) is 16.1 Å². The van der Waals surface area contributed by atoms with E-state index in [0.29, 0.717) is 23.2 Å².